The molecule has 0 bridgehead atoms. The molecule has 0 saturated carbocycles. The van der Waals surface area contributed by atoms with Crippen LogP contribution in [0, 0.1) is 21.4 Å². The summed E-state index contributed by atoms with van der Waals surface area (Å²) in [4.78, 5) is 21.2. The van der Waals surface area contributed by atoms with E-state index in [1.165, 1.54) is 0 Å². The van der Waals surface area contributed by atoms with E-state index >= 15 is 0 Å². The quantitative estimate of drug-likeness (QED) is 0.453. The average molecular weight is 300 g/mol. The first kappa shape index (κ1) is 16.3. The Morgan fingerprint density at radius 2 is 2.19 bits per heavy atom. The van der Waals surface area contributed by atoms with Gasteiger partial charge in [0.2, 0.25) is 5.75 Å². The molecule has 0 atom stereocenters. The number of nitro benzene ring substituents is 1. The number of carbonyl (C=O) groups is 1. The minimum atomic E-state index is -3.27. The van der Waals surface area contributed by atoms with Crippen LogP contribution in [0.1, 0.15) is 18.1 Å². The number of hydrogen-bond acceptors (Lipinski definition) is 6. The van der Waals surface area contributed by atoms with Crippen molar-refractivity contribution < 1.29 is 28.0 Å². The largest absolute Gasteiger partial charge is 0.466 e. The van der Waals surface area contributed by atoms with Gasteiger partial charge in [0.15, 0.2) is 0 Å². The van der Waals surface area contributed by atoms with Crippen molar-refractivity contribution in [2.24, 2.45) is 0 Å². The summed E-state index contributed by atoms with van der Waals surface area (Å²) in [5.74, 6) is -1.40. The zero-order chi connectivity index (χ0) is 16.0. The molecule has 0 amide bonds. The van der Waals surface area contributed by atoms with Gasteiger partial charge in [-0.25, -0.2) is 0 Å². The SMILES string of the molecule is CCOC(=O)Cc1cc(OC(F)F)c([N+](=O)[O-])cc1C#N. The number of alkyl halides is 2. The fraction of sp³-hybridized carbons (Fsp3) is 0.333. The molecule has 0 N–H and O–H groups in total. The number of nitriles is 1. The second kappa shape index (κ2) is 7.14. The van der Waals surface area contributed by atoms with Crippen LogP contribution in [-0.4, -0.2) is 24.1 Å². The van der Waals surface area contributed by atoms with Crippen LogP contribution in [0.2, 0.25) is 0 Å². The molecule has 9 heteroatoms. The molecule has 1 aromatic carbocycles. The van der Waals surface area contributed by atoms with Gasteiger partial charge in [-0.3, -0.25) is 14.9 Å². The lowest BCUT2D eigenvalue weighted by Crippen LogP contribution is -2.10. The molecule has 0 aliphatic heterocycles. The van der Waals surface area contributed by atoms with Crippen molar-refractivity contribution in [3.8, 4) is 11.8 Å². The number of nitro groups is 1. The minimum absolute atomic E-state index is 0.0113. The first-order chi connectivity index (χ1) is 9.88. The Kier molecular flexibility index (Phi) is 5.54. The molecular weight excluding hydrogens is 290 g/mol. The molecule has 0 radical (unpaired) electrons. The van der Waals surface area contributed by atoms with Crippen molar-refractivity contribution in [2.45, 2.75) is 20.0 Å². The van der Waals surface area contributed by atoms with Crippen molar-refractivity contribution >= 4 is 11.7 Å². The maximum absolute atomic E-state index is 12.3. The van der Waals surface area contributed by atoms with Crippen molar-refractivity contribution in [2.75, 3.05) is 6.61 Å². The third kappa shape index (κ3) is 4.38. The van der Waals surface area contributed by atoms with Crippen LogP contribution in [0.4, 0.5) is 14.5 Å². The number of ether oxygens (including phenoxy) is 2. The van der Waals surface area contributed by atoms with Gasteiger partial charge in [0.1, 0.15) is 0 Å². The summed E-state index contributed by atoms with van der Waals surface area (Å²) in [5.41, 5.74) is -0.951. The van der Waals surface area contributed by atoms with Gasteiger partial charge >= 0.3 is 18.3 Å². The van der Waals surface area contributed by atoms with E-state index in [0.717, 1.165) is 12.1 Å². The molecule has 1 aromatic rings. The molecule has 0 fully saturated rings. The lowest BCUT2D eigenvalue weighted by Gasteiger charge is -2.09. The Morgan fingerprint density at radius 3 is 2.67 bits per heavy atom. The van der Waals surface area contributed by atoms with Crippen molar-refractivity contribution in [1.29, 1.82) is 5.26 Å². The second-order valence-corrected chi connectivity index (χ2v) is 3.71. The monoisotopic (exact) mass is 300 g/mol. The molecule has 0 saturated heterocycles. The maximum Gasteiger partial charge on any atom is 0.387 e. The number of benzene rings is 1. The van der Waals surface area contributed by atoms with Crippen LogP contribution in [0.15, 0.2) is 12.1 Å². The van der Waals surface area contributed by atoms with Gasteiger partial charge in [0.05, 0.1) is 29.6 Å². The summed E-state index contributed by atoms with van der Waals surface area (Å²) in [6.45, 7) is -1.59. The zero-order valence-electron chi connectivity index (χ0n) is 10.8. The van der Waals surface area contributed by atoms with Crippen LogP contribution in [0.5, 0.6) is 5.75 Å². The summed E-state index contributed by atoms with van der Waals surface area (Å²) in [5, 5.41) is 19.7. The van der Waals surface area contributed by atoms with Gasteiger partial charge < -0.3 is 9.47 Å². The molecule has 0 heterocycles. The number of rotatable bonds is 6. The van der Waals surface area contributed by atoms with E-state index in [0.29, 0.717) is 0 Å². The van der Waals surface area contributed by atoms with Crippen molar-refractivity contribution in [3.63, 3.8) is 0 Å². The number of halogens is 2. The Balaban J connectivity index is 3.27. The van der Waals surface area contributed by atoms with Crippen LogP contribution in [0.3, 0.4) is 0 Å². The van der Waals surface area contributed by atoms with Gasteiger partial charge in [0, 0.05) is 6.07 Å². The summed E-state index contributed by atoms with van der Waals surface area (Å²) >= 11 is 0. The summed E-state index contributed by atoms with van der Waals surface area (Å²) < 4.78 is 33.2. The van der Waals surface area contributed by atoms with Crippen LogP contribution >= 0.6 is 0 Å². The Labute approximate surface area is 117 Å². The Morgan fingerprint density at radius 1 is 1.52 bits per heavy atom. The fourth-order valence-electron chi connectivity index (χ4n) is 1.56. The van der Waals surface area contributed by atoms with Gasteiger partial charge in [-0.05, 0) is 18.6 Å². The number of carbonyl (C=O) groups excluding carboxylic acids is 1. The highest BCUT2D eigenvalue weighted by atomic mass is 19.3. The predicted octanol–water partition coefficient (Wildman–Crippen LogP) is 2.17. The minimum Gasteiger partial charge on any atom is -0.466 e. The smallest absolute Gasteiger partial charge is 0.387 e. The number of esters is 1. The molecular formula is C12H10F2N2O5. The molecule has 0 aromatic heterocycles. The van der Waals surface area contributed by atoms with Crippen molar-refractivity contribution in [3.05, 3.63) is 33.4 Å². The maximum atomic E-state index is 12.3. The van der Waals surface area contributed by atoms with Crippen LogP contribution in [0.25, 0.3) is 0 Å². The van der Waals surface area contributed by atoms with E-state index in [1.54, 1.807) is 13.0 Å². The van der Waals surface area contributed by atoms with Gasteiger partial charge in [0.25, 0.3) is 0 Å². The van der Waals surface area contributed by atoms with Gasteiger partial charge in [-0.15, -0.1) is 0 Å². The predicted molar refractivity (Wildman–Crippen MR) is 64.8 cm³/mol. The average Bonchev–Trinajstić information content (AvgIpc) is 2.38. The van der Waals surface area contributed by atoms with Crippen LogP contribution < -0.4 is 4.74 Å². The van der Waals surface area contributed by atoms with E-state index in [4.69, 9.17) is 5.26 Å². The molecule has 1 rings (SSSR count). The summed E-state index contributed by atoms with van der Waals surface area (Å²) in [6.07, 6.45) is -0.381. The van der Waals surface area contributed by atoms with E-state index in [9.17, 15) is 23.7 Å². The lowest BCUT2D eigenvalue weighted by molar-refractivity contribution is -0.386. The zero-order valence-corrected chi connectivity index (χ0v) is 10.8. The number of hydrogen-bond donors (Lipinski definition) is 0. The van der Waals surface area contributed by atoms with E-state index < -0.39 is 28.9 Å². The fourth-order valence-corrected chi connectivity index (χ4v) is 1.56. The Bertz CT molecular complexity index is 598. The topological polar surface area (TPSA) is 102 Å². The molecule has 112 valence electrons. The van der Waals surface area contributed by atoms with Crippen molar-refractivity contribution in [1.82, 2.24) is 0 Å². The third-order valence-corrected chi connectivity index (χ3v) is 2.36. The highest BCUT2D eigenvalue weighted by Gasteiger charge is 2.23. The van der Waals surface area contributed by atoms with E-state index in [2.05, 4.69) is 9.47 Å². The summed E-state index contributed by atoms with van der Waals surface area (Å²) in [7, 11) is 0. The van der Waals surface area contributed by atoms with Gasteiger partial charge in [-0.1, -0.05) is 0 Å². The normalized spacial score (nSPS) is 10.0. The second-order valence-electron chi connectivity index (χ2n) is 3.71. The molecule has 0 spiro atoms. The third-order valence-electron chi connectivity index (χ3n) is 2.36. The first-order valence-corrected chi connectivity index (χ1v) is 5.70. The molecule has 0 aliphatic rings. The summed E-state index contributed by atoms with van der Waals surface area (Å²) in [6, 6.07) is 3.32. The highest BCUT2D eigenvalue weighted by molar-refractivity contribution is 5.74. The van der Waals surface area contributed by atoms with Crippen LogP contribution in [-0.2, 0) is 16.0 Å². The molecule has 21 heavy (non-hydrogen) atoms. The molecule has 7 nitrogen and oxygen atoms in total. The highest BCUT2D eigenvalue weighted by Crippen LogP contribution is 2.32. The first-order valence-electron chi connectivity index (χ1n) is 5.70. The standard InChI is InChI=1S/C12H10F2N2O5/c1-2-20-11(17)5-7-4-10(21-12(13)14)9(16(18)19)3-8(7)6-15/h3-4,12H,2,5H2,1H3. The Hall–Kier alpha value is -2.76. The molecule has 0 aliphatic carbocycles. The number of nitrogens with zero attached hydrogens (tertiary/aromatic N) is 2. The van der Waals surface area contributed by atoms with E-state index in [1.807, 2.05) is 0 Å². The van der Waals surface area contributed by atoms with Gasteiger partial charge in [-0.2, -0.15) is 14.0 Å². The molecule has 0 unspecified atom stereocenters. The van der Waals surface area contributed by atoms with E-state index in [-0.39, 0.29) is 24.2 Å². The lowest BCUT2D eigenvalue weighted by atomic mass is 10.0.